The fraction of sp³-hybridized carbons (Fsp3) is 0.231. The number of fused-ring (bicyclic) bond motifs is 1. The second-order valence-electron chi connectivity index (χ2n) is 4.33. The van der Waals surface area contributed by atoms with Gasteiger partial charge < -0.3 is 10.7 Å². The van der Waals surface area contributed by atoms with Gasteiger partial charge >= 0.3 is 0 Å². The molecule has 0 atom stereocenters. The van der Waals surface area contributed by atoms with Crippen LogP contribution in [0.5, 0.6) is 0 Å². The molecular formula is C13H14N4S. The molecule has 0 aliphatic rings. The molecule has 2 aromatic heterocycles. The van der Waals surface area contributed by atoms with Gasteiger partial charge in [0.25, 0.3) is 0 Å². The van der Waals surface area contributed by atoms with Gasteiger partial charge in [-0.15, -0.1) is 0 Å². The average Bonchev–Trinajstić information content (AvgIpc) is 2.90. The van der Waals surface area contributed by atoms with Crippen molar-refractivity contribution in [3.05, 3.63) is 41.5 Å². The van der Waals surface area contributed by atoms with Crippen LogP contribution in [-0.2, 0) is 12.8 Å². The number of nitrogens with one attached hydrogen (secondary N) is 1. The topological polar surface area (TPSA) is 67.6 Å². The van der Waals surface area contributed by atoms with E-state index in [0.717, 1.165) is 34.4 Å². The minimum atomic E-state index is 0.630. The molecule has 1 aromatic carbocycles. The fourth-order valence-corrected chi connectivity index (χ4v) is 2.84. The first-order chi connectivity index (χ1) is 8.72. The third-order valence-electron chi connectivity index (χ3n) is 3.05. The fourth-order valence-electron chi connectivity index (χ4n) is 2.04. The predicted octanol–water partition coefficient (Wildman–Crippen LogP) is 2.70. The van der Waals surface area contributed by atoms with E-state index < -0.39 is 0 Å². The number of benzene rings is 1. The Kier molecular flexibility index (Phi) is 2.76. The average molecular weight is 258 g/mol. The summed E-state index contributed by atoms with van der Waals surface area (Å²) >= 11 is 1.54. The molecule has 5 heteroatoms. The van der Waals surface area contributed by atoms with E-state index in [9.17, 15) is 0 Å². The Hall–Kier alpha value is -1.88. The summed E-state index contributed by atoms with van der Waals surface area (Å²) in [6.45, 7) is 2.05. The first kappa shape index (κ1) is 11.2. The summed E-state index contributed by atoms with van der Waals surface area (Å²) in [4.78, 5) is 11.7. The number of rotatable bonds is 3. The van der Waals surface area contributed by atoms with E-state index in [-0.39, 0.29) is 0 Å². The van der Waals surface area contributed by atoms with Crippen molar-refractivity contribution < 1.29 is 0 Å². The van der Waals surface area contributed by atoms with Crippen LogP contribution in [0.25, 0.3) is 10.2 Å². The third kappa shape index (κ3) is 2.09. The summed E-state index contributed by atoms with van der Waals surface area (Å²) in [6.07, 6.45) is 3.69. The van der Waals surface area contributed by atoms with E-state index in [1.54, 1.807) is 6.33 Å². The van der Waals surface area contributed by atoms with E-state index in [1.807, 2.05) is 6.07 Å². The molecule has 18 heavy (non-hydrogen) atoms. The van der Waals surface area contributed by atoms with Gasteiger partial charge in [-0.05, 0) is 37.5 Å². The van der Waals surface area contributed by atoms with Crippen LogP contribution in [0.1, 0.15) is 17.0 Å². The molecule has 0 aliphatic heterocycles. The maximum absolute atomic E-state index is 5.70. The minimum Gasteiger partial charge on any atom is -0.375 e. The van der Waals surface area contributed by atoms with Crippen LogP contribution in [0.2, 0.25) is 0 Å². The molecule has 3 N–H and O–H groups in total. The summed E-state index contributed by atoms with van der Waals surface area (Å²) in [5.41, 5.74) is 10.3. The number of aromatic amines is 1. The number of aromatic nitrogens is 3. The van der Waals surface area contributed by atoms with Crippen LogP contribution < -0.4 is 5.73 Å². The van der Waals surface area contributed by atoms with Gasteiger partial charge in [0.2, 0.25) is 0 Å². The summed E-state index contributed by atoms with van der Waals surface area (Å²) in [7, 11) is 0. The van der Waals surface area contributed by atoms with E-state index in [4.69, 9.17) is 5.73 Å². The Balaban J connectivity index is 1.80. The van der Waals surface area contributed by atoms with Gasteiger partial charge in [-0.2, -0.15) is 0 Å². The van der Waals surface area contributed by atoms with Crippen LogP contribution >= 0.6 is 11.3 Å². The summed E-state index contributed by atoms with van der Waals surface area (Å²) in [5, 5.41) is 0.630. The molecule has 0 saturated carbocycles. The van der Waals surface area contributed by atoms with Crippen molar-refractivity contribution in [2.75, 3.05) is 5.73 Å². The minimum absolute atomic E-state index is 0.630. The molecule has 0 fully saturated rings. The lowest BCUT2D eigenvalue weighted by Crippen LogP contribution is -1.93. The highest BCUT2D eigenvalue weighted by Gasteiger charge is 2.04. The van der Waals surface area contributed by atoms with Crippen LogP contribution in [0, 0.1) is 6.92 Å². The lowest BCUT2D eigenvalue weighted by Gasteiger charge is -2.00. The number of aryl methyl sites for hydroxylation is 3. The molecule has 0 saturated heterocycles. The molecule has 0 amide bonds. The Morgan fingerprint density at radius 2 is 2.22 bits per heavy atom. The van der Waals surface area contributed by atoms with E-state index in [0.29, 0.717) is 5.13 Å². The van der Waals surface area contributed by atoms with Gasteiger partial charge in [-0.3, -0.25) is 0 Å². The first-order valence-corrected chi connectivity index (χ1v) is 6.68. The largest absolute Gasteiger partial charge is 0.375 e. The predicted molar refractivity (Wildman–Crippen MR) is 74.8 cm³/mol. The normalized spacial score (nSPS) is 11.2. The zero-order valence-corrected chi connectivity index (χ0v) is 10.9. The third-order valence-corrected chi connectivity index (χ3v) is 3.90. The van der Waals surface area contributed by atoms with E-state index in [1.165, 1.54) is 16.9 Å². The number of hydrogen-bond donors (Lipinski definition) is 2. The summed E-state index contributed by atoms with van der Waals surface area (Å²) < 4.78 is 1.16. The van der Waals surface area contributed by atoms with Gasteiger partial charge in [0.1, 0.15) is 0 Å². The molecule has 92 valence electrons. The number of thiazole rings is 1. The Morgan fingerprint density at radius 1 is 1.33 bits per heavy atom. The van der Waals surface area contributed by atoms with E-state index in [2.05, 4.69) is 34.0 Å². The van der Waals surface area contributed by atoms with Gasteiger partial charge in [-0.25, -0.2) is 9.97 Å². The number of H-pyrrole nitrogens is 1. The number of hydrogen-bond acceptors (Lipinski definition) is 4. The first-order valence-electron chi connectivity index (χ1n) is 5.86. The highest BCUT2D eigenvalue weighted by molar-refractivity contribution is 7.22. The molecule has 0 spiro atoms. The molecular weight excluding hydrogens is 244 g/mol. The number of nitrogen functional groups attached to an aromatic ring is 1. The van der Waals surface area contributed by atoms with Gasteiger partial charge in [0.15, 0.2) is 5.13 Å². The number of nitrogens with two attached hydrogens (primary N) is 1. The Morgan fingerprint density at radius 3 is 3.00 bits per heavy atom. The number of anilines is 1. The zero-order valence-electron chi connectivity index (χ0n) is 10.1. The van der Waals surface area contributed by atoms with Crippen LogP contribution in [0.15, 0.2) is 24.5 Å². The van der Waals surface area contributed by atoms with Crippen molar-refractivity contribution >= 4 is 26.7 Å². The molecule has 3 aromatic rings. The lowest BCUT2D eigenvalue weighted by atomic mass is 10.1. The molecule has 0 unspecified atom stereocenters. The highest BCUT2D eigenvalue weighted by atomic mass is 32.1. The van der Waals surface area contributed by atoms with Crippen molar-refractivity contribution in [2.24, 2.45) is 0 Å². The number of imidazole rings is 1. The monoisotopic (exact) mass is 258 g/mol. The van der Waals surface area contributed by atoms with Crippen LogP contribution in [0.4, 0.5) is 5.13 Å². The summed E-state index contributed by atoms with van der Waals surface area (Å²) in [5.74, 6) is 0. The zero-order chi connectivity index (χ0) is 12.5. The maximum atomic E-state index is 5.70. The van der Waals surface area contributed by atoms with Gasteiger partial charge in [-0.1, -0.05) is 17.4 Å². The lowest BCUT2D eigenvalue weighted by molar-refractivity contribution is 0.915. The molecule has 0 radical (unpaired) electrons. The smallest absolute Gasteiger partial charge is 0.181 e. The van der Waals surface area contributed by atoms with Crippen molar-refractivity contribution in [3.8, 4) is 0 Å². The molecule has 0 bridgehead atoms. The SMILES string of the molecule is Cc1[nH]cnc1CCc1ccc2nc(N)sc2c1. The van der Waals surface area contributed by atoms with Crippen molar-refractivity contribution in [3.63, 3.8) is 0 Å². The van der Waals surface area contributed by atoms with Gasteiger partial charge in [0.05, 0.1) is 22.2 Å². The Bertz CT molecular complexity index is 683. The van der Waals surface area contributed by atoms with Gasteiger partial charge in [0, 0.05) is 5.69 Å². The molecule has 3 rings (SSSR count). The second-order valence-corrected chi connectivity index (χ2v) is 5.39. The van der Waals surface area contributed by atoms with Crippen LogP contribution in [0.3, 0.4) is 0 Å². The standard InChI is InChI=1S/C13H14N4S/c1-8-10(16-7-15-8)4-2-9-3-5-11-12(6-9)18-13(14)17-11/h3,5-7H,2,4H2,1H3,(H2,14,17)(H,15,16). The van der Waals surface area contributed by atoms with Crippen molar-refractivity contribution in [1.82, 2.24) is 15.0 Å². The molecule has 2 heterocycles. The van der Waals surface area contributed by atoms with Crippen molar-refractivity contribution in [1.29, 1.82) is 0 Å². The molecule has 4 nitrogen and oxygen atoms in total. The van der Waals surface area contributed by atoms with Crippen molar-refractivity contribution in [2.45, 2.75) is 19.8 Å². The maximum Gasteiger partial charge on any atom is 0.181 e. The van der Waals surface area contributed by atoms with E-state index >= 15 is 0 Å². The highest BCUT2D eigenvalue weighted by Crippen LogP contribution is 2.25. The summed E-state index contributed by atoms with van der Waals surface area (Å²) in [6, 6.07) is 6.32. The number of nitrogens with zero attached hydrogens (tertiary/aromatic N) is 2. The Labute approximate surface area is 109 Å². The van der Waals surface area contributed by atoms with Crippen LogP contribution in [-0.4, -0.2) is 15.0 Å². The quantitative estimate of drug-likeness (QED) is 0.759. The molecule has 0 aliphatic carbocycles. The second kappa shape index (κ2) is 4.42.